The van der Waals surface area contributed by atoms with Gasteiger partial charge >= 0.3 is 0 Å². The molecule has 0 spiro atoms. The standard InChI is InChI=1S/C10H10BrNOS/c1-2-13-10-6-5-9(12)14-8(6)4-3-7(10)11/h3-5H,2,12H2,1H3. The number of hydrogen-bond donors (Lipinski definition) is 1. The average molecular weight is 272 g/mol. The number of ether oxygens (including phenoxy) is 1. The van der Waals surface area contributed by atoms with Crippen LogP contribution in [0.25, 0.3) is 10.1 Å². The van der Waals surface area contributed by atoms with Crippen molar-refractivity contribution in [2.24, 2.45) is 0 Å². The lowest BCUT2D eigenvalue weighted by atomic mass is 10.2. The Hall–Kier alpha value is -0.740. The maximum Gasteiger partial charge on any atom is 0.142 e. The largest absolute Gasteiger partial charge is 0.492 e. The smallest absolute Gasteiger partial charge is 0.142 e. The number of rotatable bonds is 2. The van der Waals surface area contributed by atoms with Gasteiger partial charge < -0.3 is 10.5 Å². The van der Waals surface area contributed by atoms with Gasteiger partial charge in [-0.1, -0.05) is 0 Å². The van der Waals surface area contributed by atoms with Crippen LogP contribution in [-0.4, -0.2) is 6.61 Å². The lowest BCUT2D eigenvalue weighted by Crippen LogP contribution is -1.92. The molecule has 74 valence electrons. The highest BCUT2D eigenvalue weighted by molar-refractivity contribution is 9.10. The van der Waals surface area contributed by atoms with Crippen LogP contribution in [0.1, 0.15) is 6.92 Å². The molecule has 0 aliphatic rings. The van der Waals surface area contributed by atoms with E-state index in [1.165, 1.54) is 0 Å². The molecule has 0 saturated carbocycles. The minimum Gasteiger partial charge on any atom is -0.492 e. The van der Waals surface area contributed by atoms with E-state index in [9.17, 15) is 0 Å². The second kappa shape index (κ2) is 3.79. The number of hydrogen-bond acceptors (Lipinski definition) is 3. The van der Waals surface area contributed by atoms with Gasteiger partial charge in [0.2, 0.25) is 0 Å². The third-order valence-electron chi connectivity index (χ3n) is 1.91. The zero-order chi connectivity index (χ0) is 10.1. The maximum absolute atomic E-state index is 5.75. The van der Waals surface area contributed by atoms with E-state index in [-0.39, 0.29) is 0 Å². The van der Waals surface area contributed by atoms with E-state index in [2.05, 4.69) is 15.9 Å². The lowest BCUT2D eigenvalue weighted by molar-refractivity contribution is 0.342. The number of fused-ring (bicyclic) bond motifs is 1. The highest BCUT2D eigenvalue weighted by Gasteiger charge is 2.09. The summed E-state index contributed by atoms with van der Waals surface area (Å²) in [4.78, 5) is 0. The summed E-state index contributed by atoms with van der Waals surface area (Å²) in [5.41, 5.74) is 5.75. The van der Waals surface area contributed by atoms with Gasteiger partial charge in [-0.15, -0.1) is 11.3 Å². The molecule has 0 saturated heterocycles. The number of nitrogens with two attached hydrogens (primary N) is 1. The Morgan fingerprint density at radius 1 is 1.50 bits per heavy atom. The van der Waals surface area contributed by atoms with Crippen molar-refractivity contribution in [2.75, 3.05) is 12.3 Å². The Bertz CT molecular complexity index is 466. The van der Waals surface area contributed by atoms with E-state index >= 15 is 0 Å². The van der Waals surface area contributed by atoms with Gasteiger partial charge in [-0.3, -0.25) is 0 Å². The van der Waals surface area contributed by atoms with Crippen molar-refractivity contribution >= 4 is 42.4 Å². The molecule has 2 aromatic rings. The number of nitrogen functional groups attached to an aromatic ring is 1. The fourth-order valence-corrected chi connectivity index (χ4v) is 2.66. The van der Waals surface area contributed by atoms with E-state index in [0.29, 0.717) is 6.61 Å². The van der Waals surface area contributed by atoms with Crippen LogP contribution < -0.4 is 10.5 Å². The molecule has 1 aromatic carbocycles. The molecule has 0 atom stereocenters. The number of thiophene rings is 1. The van der Waals surface area contributed by atoms with Crippen LogP contribution in [0, 0.1) is 0 Å². The van der Waals surface area contributed by atoms with E-state index in [0.717, 1.165) is 25.3 Å². The summed E-state index contributed by atoms with van der Waals surface area (Å²) in [5.74, 6) is 0.887. The molecule has 1 heterocycles. The summed E-state index contributed by atoms with van der Waals surface area (Å²) in [6.45, 7) is 2.63. The van der Waals surface area contributed by atoms with Crippen LogP contribution in [0.15, 0.2) is 22.7 Å². The average Bonchev–Trinajstić information content (AvgIpc) is 2.51. The Morgan fingerprint density at radius 2 is 2.29 bits per heavy atom. The normalized spacial score (nSPS) is 10.7. The fourth-order valence-electron chi connectivity index (χ4n) is 1.37. The topological polar surface area (TPSA) is 35.2 Å². The minimum absolute atomic E-state index is 0.660. The van der Waals surface area contributed by atoms with Crippen molar-refractivity contribution in [3.63, 3.8) is 0 Å². The molecule has 0 unspecified atom stereocenters. The molecule has 0 aliphatic heterocycles. The first-order valence-corrected chi connectivity index (χ1v) is 5.93. The van der Waals surface area contributed by atoms with Gasteiger partial charge in [-0.05, 0) is 41.1 Å². The van der Waals surface area contributed by atoms with Crippen molar-refractivity contribution in [1.29, 1.82) is 0 Å². The molecule has 0 fully saturated rings. The molecule has 0 bridgehead atoms. The van der Waals surface area contributed by atoms with Crippen LogP contribution in [-0.2, 0) is 0 Å². The molecule has 0 radical (unpaired) electrons. The molecule has 4 heteroatoms. The van der Waals surface area contributed by atoms with E-state index in [4.69, 9.17) is 10.5 Å². The van der Waals surface area contributed by atoms with Crippen LogP contribution in [0.4, 0.5) is 5.00 Å². The first-order valence-electron chi connectivity index (χ1n) is 4.32. The predicted molar refractivity (Wildman–Crippen MR) is 65.1 cm³/mol. The number of benzene rings is 1. The monoisotopic (exact) mass is 271 g/mol. The van der Waals surface area contributed by atoms with Crippen LogP contribution >= 0.6 is 27.3 Å². The summed E-state index contributed by atoms with van der Waals surface area (Å²) in [7, 11) is 0. The van der Waals surface area contributed by atoms with E-state index in [1.807, 2.05) is 25.1 Å². The van der Waals surface area contributed by atoms with Crippen LogP contribution in [0.2, 0.25) is 0 Å². The first-order chi connectivity index (χ1) is 6.72. The number of anilines is 1. The Labute approximate surface area is 94.8 Å². The molecule has 14 heavy (non-hydrogen) atoms. The molecule has 0 amide bonds. The van der Waals surface area contributed by atoms with Crippen molar-refractivity contribution in [3.8, 4) is 5.75 Å². The number of halogens is 1. The Kier molecular flexibility index (Phi) is 2.65. The molecular weight excluding hydrogens is 262 g/mol. The van der Waals surface area contributed by atoms with Gasteiger partial charge in [0.25, 0.3) is 0 Å². The molecule has 0 aliphatic carbocycles. The molecule has 2 N–H and O–H groups in total. The van der Waals surface area contributed by atoms with Crippen molar-refractivity contribution in [2.45, 2.75) is 6.92 Å². The van der Waals surface area contributed by atoms with Gasteiger partial charge in [0.15, 0.2) is 0 Å². The van der Waals surface area contributed by atoms with E-state index in [1.54, 1.807) is 11.3 Å². The van der Waals surface area contributed by atoms with E-state index < -0.39 is 0 Å². The van der Waals surface area contributed by atoms with Gasteiger partial charge in [0, 0.05) is 10.1 Å². The zero-order valence-corrected chi connectivity index (χ0v) is 10.1. The quantitative estimate of drug-likeness (QED) is 0.905. The second-order valence-electron chi connectivity index (χ2n) is 2.87. The third-order valence-corrected chi connectivity index (χ3v) is 3.47. The summed E-state index contributed by atoms with van der Waals surface area (Å²) in [5, 5.41) is 1.91. The van der Waals surface area contributed by atoms with Crippen molar-refractivity contribution in [1.82, 2.24) is 0 Å². The first kappa shape index (κ1) is 9.80. The Morgan fingerprint density at radius 3 is 3.00 bits per heavy atom. The molecule has 1 aromatic heterocycles. The summed E-state index contributed by atoms with van der Waals surface area (Å²) >= 11 is 5.04. The molecular formula is C10H10BrNOS. The highest BCUT2D eigenvalue weighted by Crippen LogP contribution is 2.39. The zero-order valence-electron chi connectivity index (χ0n) is 7.71. The van der Waals surface area contributed by atoms with Crippen LogP contribution in [0.3, 0.4) is 0 Å². The molecule has 2 rings (SSSR count). The fraction of sp³-hybridized carbons (Fsp3) is 0.200. The SMILES string of the molecule is CCOc1c(Br)ccc2sc(N)cc12. The lowest BCUT2D eigenvalue weighted by Gasteiger charge is -2.06. The maximum atomic E-state index is 5.75. The summed E-state index contributed by atoms with van der Waals surface area (Å²) < 4.78 is 7.71. The third kappa shape index (κ3) is 1.60. The van der Waals surface area contributed by atoms with Gasteiger partial charge in [0.1, 0.15) is 5.75 Å². The van der Waals surface area contributed by atoms with Crippen molar-refractivity contribution in [3.05, 3.63) is 22.7 Å². The van der Waals surface area contributed by atoms with Crippen LogP contribution in [0.5, 0.6) is 5.75 Å². The highest BCUT2D eigenvalue weighted by atomic mass is 79.9. The minimum atomic E-state index is 0.660. The summed E-state index contributed by atoms with van der Waals surface area (Å²) in [6.07, 6.45) is 0. The summed E-state index contributed by atoms with van der Waals surface area (Å²) in [6, 6.07) is 5.99. The second-order valence-corrected chi connectivity index (χ2v) is 4.84. The van der Waals surface area contributed by atoms with Gasteiger partial charge in [0.05, 0.1) is 16.1 Å². The molecule has 2 nitrogen and oxygen atoms in total. The van der Waals surface area contributed by atoms with Gasteiger partial charge in [-0.25, -0.2) is 0 Å². The van der Waals surface area contributed by atoms with Crippen molar-refractivity contribution < 1.29 is 4.74 Å². The Balaban J connectivity index is 2.68. The predicted octanol–water partition coefficient (Wildman–Crippen LogP) is 3.64. The van der Waals surface area contributed by atoms with Gasteiger partial charge in [-0.2, -0.15) is 0 Å².